The van der Waals surface area contributed by atoms with Crippen LogP contribution in [0.3, 0.4) is 0 Å². The average molecular weight is 189 g/mol. The Labute approximate surface area is 78.8 Å². The van der Waals surface area contributed by atoms with Gasteiger partial charge in [-0.25, -0.2) is 0 Å². The molecule has 0 spiro atoms. The van der Waals surface area contributed by atoms with Gasteiger partial charge in [0.15, 0.2) is 0 Å². The molecule has 1 heterocycles. The molecule has 78 valence electrons. The van der Waals surface area contributed by atoms with Crippen LogP contribution in [0.25, 0.3) is 0 Å². The molecule has 1 saturated heterocycles. The van der Waals surface area contributed by atoms with Crippen LogP contribution in [-0.2, 0) is 0 Å². The van der Waals surface area contributed by atoms with Gasteiger partial charge >= 0.3 is 0 Å². The highest BCUT2D eigenvalue weighted by molar-refractivity contribution is 4.74. The Kier molecular flexibility index (Phi) is 4.66. The van der Waals surface area contributed by atoms with E-state index < -0.39 is 6.10 Å². The third-order valence-corrected chi connectivity index (χ3v) is 2.54. The molecule has 0 amide bonds. The van der Waals surface area contributed by atoms with E-state index in [-0.39, 0.29) is 13.2 Å². The van der Waals surface area contributed by atoms with E-state index in [0.29, 0.717) is 12.5 Å². The van der Waals surface area contributed by atoms with Crippen molar-refractivity contribution in [3.05, 3.63) is 0 Å². The summed E-state index contributed by atoms with van der Waals surface area (Å²) in [5.41, 5.74) is 0. The fraction of sp³-hybridized carbons (Fsp3) is 1.00. The first kappa shape index (κ1) is 10.9. The predicted molar refractivity (Wildman–Crippen MR) is 49.3 cm³/mol. The van der Waals surface area contributed by atoms with E-state index in [1.165, 1.54) is 0 Å². The molecule has 13 heavy (non-hydrogen) atoms. The Hall–Kier alpha value is -0.160. The second kappa shape index (κ2) is 5.54. The number of rotatable bonds is 4. The van der Waals surface area contributed by atoms with Gasteiger partial charge < -0.3 is 20.2 Å². The molecule has 3 N–H and O–H groups in total. The van der Waals surface area contributed by atoms with Gasteiger partial charge in [-0.2, -0.15) is 0 Å². The topological polar surface area (TPSA) is 63.9 Å². The van der Waals surface area contributed by atoms with E-state index >= 15 is 0 Å². The fourth-order valence-corrected chi connectivity index (χ4v) is 1.82. The van der Waals surface area contributed by atoms with Gasteiger partial charge in [0.05, 0.1) is 12.7 Å². The van der Waals surface area contributed by atoms with Gasteiger partial charge in [0.2, 0.25) is 0 Å². The molecule has 1 aliphatic rings. The molecule has 0 aromatic heterocycles. The summed E-state index contributed by atoms with van der Waals surface area (Å²) in [4.78, 5) is 2.10. The van der Waals surface area contributed by atoms with Gasteiger partial charge in [-0.05, 0) is 25.3 Å². The first-order valence-electron chi connectivity index (χ1n) is 4.88. The smallest absolute Gasteiger partial charge is 0.0897 e. The normalized spacial score (nSPS) is 27.5. The molecule has 0 aromatic rings. The van der Waals surface area contributed by atoms with E-state index in [1.54, 1.807) is 0 Å². The van der Waals surface area contributed by atoms with E-state index in [2.05, 4.69) is 4.90 Å². The first-order chi connectivity index (χ1) is 6.26. The highest BCUT2D eigenvalue weighted by atomic mass is 16.3. The molecule has 0 saturated carbocycles. The third kappa shape index (κ3) is 3.60. The van der Waals surface area contributed by atoms with Crippen LogP contribution in [0.5, 0.6) is 0 Å². The van der Waals surface area contributed by atoms with Crippen molar-refractivity contribution in [2.24, 2.45) is 5.92 Å². The maximum absolute atomic E-state index is 9.21. The maximum Gasteiger partial charge on any atom is 0.0897 e. The van der Waals surface area contributed by atoms with Crippen LogP contribution in [0.15, 0.2) is 0 Å². The summed E-state index contributed by atoms with van der Waals surface area (Å²) in [5.74, 6) is 0.347. The number of β-amino-alcohol motifs (C(OH)–C–C–N with tert-alkyl or cyclic N) is 1. The Morgan fingerprint density at radius 1 is 1.38 bits per heavy atom. The van der Waals surface area contributed by atoms with Crippen molar-refractivity contribution in [3.8, 4) is 0 Å². The monoisotopic (exact) mass is 189 g/mol. The van der Waals surface area contributed by atoms with Gasteiger partial charge in [-0.15, -0.1) is 0 Å². The number of hydrogen-bond acceptors (Lipinski definition) is 4. The summed E-state index contributed by atoms with van der Waals surface area (Å²) in [7, 11) is 0. The Morgan fingerprint density at radius 2 is 2.15 bits per heavy atom. The molecule has 1 rings (SSSR count). The van der Waals surface area contributed by atoms with Crippen LogP contribution in [-0.4, -0.2) is 59.2 Å². The lowest BCUT2D eigenvalue weighted by Gasteiger charge is -2.32. The van der Waals surface area contributed by atoms with E-state index in [9.17, 15) is 5.11 Å². The van der Waals surface area contributed by atoms with Crippen LogP contribution in [0.1, 0.15) is 12.8 Å². The highest BCUT2D eigenvalue weighted by Gasteiger charge is 2.20. The highest BCUT2D eigenvalue weighted by Crippen LogP contribution is 2.15. The zero-order valence-corrected chi connectivity index (χ0v) is 7.89. The van der Waals surface area contributed by atoms with E-state index in [4.69, 9.17) is 10.2 Å². The summed E-state index contributed by atoms with van der Waals surface area (Å²) >= 11 is 0. The molecule has 0 radical (unpaired) electrons. The molecule has 0 unspecified atom stereocenters. The van der Waals surface area contributed by atoms with Gasteiger partial charge in [0, 0.05) is 19.7 Å². The molecular formula is C9H19NO3. The molecule has 0 aromatic carbocycles. The quantitative estimate of drug-likeness (QED) is 0.533. The first-order valence-corrected chi connectivity index (χ1v) is 4.88. The van der Waals surface area contributed by atoms with Crippen molar-refractivity contribution in [1.29, 1.82) is 0 Å². The van der Waals surface area contributed by atoms with Crippen molar-refractivity contribution >= 4 is 0 Å². The van der Waals surface area contributed by atoms with Crippen molar-refractivity contribution in [1.82, 2.24) is 4.90 Å². The van der Waals surface area contributed by atoms with Crippen LogP contribution in [0, 0.1) is 5.92 Å². The van der Waals surface area contributed by atoms with Crippen LogP contribution in [0.4, 0.5) is 0 Å². The molecule has 2 atom stereocenters. The zero-order valence-electron chi connectivity index (χ0n) is 7.89. The lowest BCUT2D eigenvalue weighted by atomic mass is 9.99. The summed E-state index contributed by atoms with van der Waals surface area (Å²) < 4.78 is 0. The van der Waals surface area contributed by atoms with Crippen molar-refractivity contribution in [2.45, 2.75) is 18.9 Å². The van der Waals surface area contributed by atoms with Gasteiger partial charge in [0.25, 0.3) is 0 Å². The van der Waals surface area contributed by atoms with Gasteiger partial charge in [0.1, 0.15) is 0 Å². The number of nitrogens with zero attached hydrogens (tertiary/aromatic N) is 1. The van der Waals surface area contributed by atoms with Gasteiger partial charge in [-0.1, -0.05) is 0 Å². The SMILES string of the molecule is OC[C@H](O)CN1CCC[C@H](CO)C1. The van der Waals surface area contributed by atoms with Crippen molar-refractivity contribution < 1.29 is 15.3 Å². The van der Waals surface area contributed by atoms with E-state index in [1.807, 2.05) is 0 Å². The van der Waals surface area contributed by atoms with Crippen LogP contribution < -0.4 is 0 Å². The average Bonchev–Trinajstić information content (AvgIpc) is 2.18. The zero-order chi connectivity index (χ0) is 9.68. The molecule has 1 fully saturated rings. The maximum atomic E-state index is 9.21. The molecular weight excluding hydrogens is 170 g/mol. The second-order valence-electron chi connectivity index (χ2n) is 3.79. The minimum Gasteiger partial charge on any atom is -0.396 e. The standard InChI is InChI=1S/C9H19NO3/c11-6-8-2-1-3-10(4-8)5-9(13)7-12/h8-9,11-13H,1-7H2/t8-,9+/m0/s1. The molecule has 4 nitrogen and oxygen atoms in total. The Balaban J connectivity index is 2.25. The summed E-state index contributed by atoms with van der Waals surface area (Å²) in [5, 5.41) is 26.8. The number of piperidine rings is 1. The molecule has 1 aliphatic heterocycles. The van der Waals surface area contributed by atoms with Crippen molar-refractivity contribution in [3.63, 3.8) is 0 Å². The number of hydrogen-bond donors (Lipinski definition) is 3. The lowest BCUT2D eigenvalue weighted by molar-refractivity contribution is 0.0369. The largest absolute Gasteiger partial charge is 0.396 e. The predicted octanol–water partition coefficient (Wildman–Crippen LogP) is -0.956. The minimum atomic E-state index is -0.641. The van der Waals surface area contributed by atoms with Crippen molar-refractivity contribution in [2.75, 3.05) is 32.8 Å². The summed E-state index contributed by atoms with van der Waals surface area (Å²) in [6.07, 6.45) is 1.50. The Bertz CT molecular complexity index is 141. The molecule has 4 heteroatoms. The number of aliphatic hydroxyl groups excluding tert-OH is 3. The number of likely N-dealkylation sites (tertiary alicyclic amines) is 1. The summed E-state index contributed by atoms with van der Waals surface area (Å²) in [6, 6.07) is 0. The molecule has 0 bridgehead atoms. The fourth-order valence-electron chi connectivity index (χ4n) is 1.82. The number of aliphatic hydroxyl groups is 3. The van der Waals surface area contributed by atoms with Crippen LogP contribution >= 0.6 is 0 Å². The van der Waals surface area contributed by atoms with Crippen LogP contribution in [0.2, 0.25) is 0 Å². The molecule has 0 aliphatic carbocycles. The summed E-state index contributed by atoms with van der Waals surface area (Å²) in [6.45, 7) is 2.38. The van der Waals surface area contributed by atoms with Gasteiger partial charge in [-0.3, -0.25) is 0 Å². The minimum absolute atomic E-state index is 0.180. The Morgan fingerprint density at radius 3 is 2.77 bits per heavy atom. The lowest BCUT2D eigenvalue weighted by Crippen LogP contribution is -2.42. The third-order valence-electron chi connectivity index (χ3n) is 2.54. The second-order valence-corrected chi connectivity index (χ2v) is 3.79. The van der Waals surface area contributed by atoms with E-state index in [0.717, 1.165) is 25.9 Å².